The number of likely N-dealkylation sites (tertiary alicyclic amines) is 1. The Morgan fingerprint density at radius 2 is 2.05 bits per heavy atom. The van der Waals surface area contributed by atoms with Crippen LogP contribution in [-0.2, 0) is 4.79 Å². The third-order valence-electron chi connectivity index (χ3n) is 3.53. The van der Waals surface area contributed by atoms with Gasteiger partial charge in [0.1, 0.15) is 0 Å². The maximum atomic E-state index is 11.8. The molecule has 3 amide bonds. The third-order valence-corrected chi connectivity index (χ3v) is 3.53. The predicted molar refractivity (Wildman–Crippen MR) is 81.9 cm³/mol. The topological polar surface area (TPSA) is 87.5 Å². The van der Waals surface area contributed by atoms with E-state index in [0.717, 1.165) is 31.5 Å². The van der Waals surface area contributed by atoms with Crippen LogP contribution in [0.1, 0.15) is 31.4 Å². The summed E-state index contributed by atoms with van der Waals surface area (Å²) >= 11 is 0. The van der Waals surface area contributed by atoms with Crippen molar-refractivity contribution in [3.63, 3.8) is 0 Å². The molecule has 1 aromatic rings. The lowest BCUT2D eigenvalue weighted by Gasteiger charge is -2.16. The molecule has 0 aliphatic carbocycles. The van der Waals surface area contributed by atoms with Gasteiger partial charge in [0.25, 0.3) is 0 Å². The number of anilines is 1. The van der Waals surface area contributed by atoms with E-state index in [2.05, 4.69) is 10.6 Å². The second kappa shape index (κ2) is 7.08. The molecule has 1 aliphatic rings. The molecule has 1 heterocycles. The molecule has 1 aliphatic heterocycles. The molecule has 1 fully saturated rings. The Balaban J connectivity index is 1.81. The van der Waals surface area contributed by atoms with Gasteiger partial charge < -0.3 is 21.3 Å². The predicted octanol–water partition coefficient (Wildman–Crippen LogP) is 1.45. The van der Waals surface area contributed by atoms with Crippen molar-refractivity contribution in [3.05, 3.63) is 29.8 Å². The molecule has 1 atom stereocenters. The molecule has 0 aromatic heterocycles. The van der Waals surface area contributed by atoms with E-state index in [1.54, 1.807) is 11.0 Å². The SMILES string of the molecule is CC(N)c1cccc(NC(=O)NCC(=O)N2CCCC2)c1. The van der Waals surface area contributed by atoms with E-state index in [1.165, 1.54) is 0 Å². The van der Waals surface area contributed by atoms with Gasteiger partial charge in [0, 0.05) is 24.8 Å². The summed E-state index contributed by atoms with van der Waals surface area (Å²) < 4.78 is 0. The monoisotopic (exact) mass is 290 g/mol. The highest BCUT2D eigenvalue weighted by Crippen LogP contribution is 2.15. The number of nitrogens with one attached hydrogen (secondary N) is 2. The minimum atomic E-state index is -0.385. The van der Waals surface area contributed by atoms with Gasteiger partial charge in [0.05, 0.1) is 6.54 Å². The molecule has 6 heteroatoms. The summed E-state index contributed by atoms with van der Waals surface area (Å²) in [6, 6.07) is 6.88. The Bertz CT molecular complexity index is 510. The summed E-state index contributed by atoms with van der Waals surface area (Å²) in [5, 5.41) is 5.29. The van der Waals surface area contributed by atoms with Gasteiger partial charge in [-0.1, -0.05) is 12.1 Å². The Labute approximate surface area is 124 Å². The highest BCUT2D eigenvalue weighted by Gasteiger charge is 2.18. The van der Waals surface area contributed by atoms with Crippen LogP contribution in [0.5, 0.6) is 0 Å². The number of carbonyl (C=O) groups is 2. The Morgan fingerprint density at radius 1 is 1.33 bits per heavy atom. The first kappa shape index (κ1) is 15.3. The molecular weight excluding hydrogens is 268 g/mol. The fourth-order valence-electron chi connectivity index (χ4n) is 2.31. The Morgan fingerprint density at radius 3 is 2.71 bits per heavy atom. The summed E-state index contributed by atoms with van der Waals surface area (Å²) in [6.45, 7) is 3.49. The summed E-state index contributed by atoms with van der Waals surface area (Å²) in [5.74, 6) is -0.0352. The average Bonchev–Trinajstić information content (AvgIpc) is 2.99. The molecule has 1 unspecified atom stereocenters. The van der Waals surface area contributed by atoms with Crippen molar-refractivity contribution in [2.75, 3.05) is 25.0 Å². The summed E-state index contributed by atoms with van der Waals surface area (Å²) in [7, 11) is 0. The molecule has 0 saturated carbocycles. The van der Waals surface area contributed by atoms with E-state index >= 15 is 0 Å². The molecule has 0 radical (unpaired) electrons. The van der Waals surface area contributed by atoms with Crippen LogP contribution in [0.15, 0.2) is 24.3 Å². The standard InChI is InChI=1S/C15H22N4O2/c1-11(16)12-5-4-6-13(9-12)18-15(21)17-10-14(20)19-7-2-3-8-19/h4-6,9,11H,2-3,7-8,10,16H2,1H3,(H2,17,18,21). The first-order valence-corrected chi connectivity index (χ1v) is 7.24. The normalized spacial score (nSPS) is 15.6. The van der Waals surface area contributed by atoms with Gasteiger partial charge >= 0.3 is 6.03 Å². The van der Waals surface area contributed by atoms with Crippen molar-refractivity contribution in [1.82, 2.24) is 10.2 Å². The first-order valence-electron chi connectivity index (χ1n) is 7.24. The largest absolute Gasteiger partial charge is 0.341 e. The van der Waals surface area contributed by atoms with E-state index in [4.69, 9.17) is 5.73 Å². The minimum Gasteiger partial charge on any atom is -0.341 e. The lowest BCUT2D eigenvalue weighted by molar-refractivity contribution is -0.128. The van der Waals surface area contributed by atoms with Crippen molar-refractivity contribution < 1.29 is 9.59 Å². The molecule has 0 spiro atoms. The average molecular weight is 290 g/mol. The third kappa shape index (κ3) is 4.46. The maximum Gasteiger partial charge on any atom is 0.319 e. The smallest absolute Gasteiger partial charge is 0.319 e. The van der Waals surface area contributed by atoms with E-state index in [1.807, 2.05) is 25.1 Å². The van der Waals surface area contributed by atoms with Gasteiger partial charge in [0.15, 0.2) is 0 Å². The fraction of sp³-hybridized carbons (Fsp3) is 0.467. The molecule has 6 nitrogen and oxygen atoms in total. The van der Waals surface area contributed by atoms with E-state index < -0.39 is 0 Å². The summed E-state index contributed by atoms with van der Waals surface area (Å²) in [5.41, 5.74) is 7.41. The first-order chi connectivity index (χ1) is 10.1. The van der Waals surface area contributed by atoms with Crippen LogP contribution in [-0.4, -0.2) is 36.5 Å². The van der Waals surface area contributed by atoms with Crippen LogP contribution in [0.4, 0.5) is 10.5 Å². The lowest BCUT2D eigenvalue weighted by atomic mass is 10.1. The molecule has 4 N–H and O–H groups in total. The number of hydrogen-bond donors (Lipinski definition) is 3. The van der Waals surface area contributed by atoms with Crippen LogP contribution in [0.3, 0.4) is 0 Å². The molecule has 2 rings (SSSR count). The molecule has 21 heavy (non-hydrogen) atoms. The zero-order valence-corrected chi connectivity index (χ0v) is 12.3. The van der Waals surface area contributed by atoms with Crippen LogP contribution >= 0.6 is 0 Å². The van der Waals surface area contributed by atoms with Crippen LogP contribution in [0.2, 0.25) is 0 Å². The Hall–Kier alpha value is -2.08. The van der Waals surface area contributed by atoms with Gasteiger partial charge in [-0.05, 0) is 37.5 Å². The molecule has 1 saturated heterocycles. The number of rotatable bonds is 4. The highest BCUT2D eigenvalue weighted by molar-refractivity contribution is 5.92. The highest BCUT2D eigenvalue weighted by atomic mass is 16.2. The van der Waals surface area contributed by atoms with E-state index in [-0.39, 0.29) is 24.5 Å². The van der Waals surface area contributed by atoms with Gasteiger partial charge in [-0.25, -0.2) is 4.79 Å². The zero-order valence-electron chi connectivity index (χ0n) is 12.3. The van der Waals surface area contributed by atoms with Gasteiger partial charge in [-0.15, -0.1) is 0 Å². The van der Waals surface area contributed by atoms with Crippen molar-refractivity contribution >= 4 is 17.6 Å². The number of urea groups is 1. The number of nitrogens with two attached hydrogens (primary N) is 1. The van der Waals surface area contributed by atoms with Crippen molar-refractivity contribution in [1.29, 1.82) is 0 Å². The molecule has 114 valence electrons. The quantitative estimate of drug-likeness (QED) is 0.784. The number of amides is 3. The van der Waals surface area contributed by atoms with E-state index in [9.17, 15) is 9.59 Å². The van der Waals surface area contributed by atoms with Gasteiger partial charge in [0.2, 0.25) is 5.91 Å². The second-order valence-electron chi connectivity index (χ2n) is 5.31. The molecule has 0 bridgehead atoms. The number of carbonyl (C=O) groups excluding carboxylic acids is 2. The van der Waals surface area contributed by atoms with Crippen molar-refractivity contribution in [2.45, 2.75) is 25.8 Å². The lowest BCUT2D eigenvalue weighted by Crippen LogP contribution is -2.40. The maximum absolute atomic E-state index is 11.8. The number of nitrogens with zero attached hydrogens (tertiary/aromatic N) is 1. The number of hydrogen-bond acceptors (Lipinski definition) is 3. The Kier molecular flexibility index (Phi) is 5.16. The minimum absolute atomic E-state index is 0.0266. The fourth-order valence-corrected chi connectivity index (χ4v) is 2.31. The van der Waals surface area contributed by atoms with Crippen LogP contribution in [0.25, 0.3) is 0 Å². The number of benzene rings is 1. The van der Waals surface area contributed by atoms with Gasteiger partial charge in [-0.3, -0.25) is 4.79 Å². The zero-order chi connectivity index (χ0) is 15.2. The summed E-state index contributed by atoms with van der Waals surface area (Å²) in [4.78, 5) is 25.4. The van der Waals surface area contributed by atoms with Crippen LogP contribution in [0, 0.1) is 0 Å². The van der Waals surface area contributed by atoms with E-state index in [0.29, 0.717) is 5.69 Å². The molecule has 1 aromatic carbocycles. The summed E-state index contributed by atoms with van der Waals surface area (Å²) in [6.07, 6.45) is 2.09. The second-order valence-corrected chi connectivity index (χ2v) is 5.31. The molecular formula is C15H22N4O2. The van der Waals surface area contributed by atoms with Crippen LogP contribution < -0.4 is 16.4 Å². The van der Waals surface area contributed by atoms with Gasteiger partial charge in [-0.2, -0.15) is 0 Å². The van der Waals surface area contributed by atoms with Crippen molar-refractivity contribution in [2.24, 2.45) is 5.73 Å². The van der Waals surface area contributed by atoms with Crippen molar-refractivity contribution in [3.8, 4) is 0 Å².